The summed E-state index contributed by atoms with van der Waals surface area (Å²) in [6, 6.07) is 10.9. The molecule has 2 aromatic rings. The van der Waals surface area contributed by atoms with Crippen LogP contribution in [0.3, 0.4) is 0 Å². The summed E-state index contributed by atoms with van der Waals surface area (Å²) in [7, 11) is -4.06. The lowest BCUT2D eigenvalue weighted by molar-refractivity contribution is 0.0300. The van der Waals surface area contributed by atoms with Crippen LogP contribution in [0.5, 0.6) is 0 Å². The lowest BCUT2D eigenvalue weighted by Crippen LogP contribution is -2.41. The number of hydrogen-bond acceptors (Lipinski definition) is 6. The number of nitrogens with zero attached hydrogens (tertiary/aromatic N) is 1. The van der Waals surface area contributed by atoms with Crippen molar-refractivity contribution in [2.45, 2.75) is 36.1 Å². The highest BCUT2D eigenvalue weighted by Gasteiger charge is 2.25. The van der Waals surface area contributed by atoms with Crippen LogP contribution in [0.25, 0.3) is 0 Å². The minimum Gasteiger partial charge on any atom is -0.378 e. The molecule has 1 aliphatic rings. The summed E-state index contributed by atoms with van der Waals surface area (Å²) in [6.45, 7) is 7.35. The third-order valence-electron chi connectivity index (χ3n) is 4.91. The predicted octanol–water partition coefficient (Wildman–Crippen LogP) is 3.21. The maximum atomic E-state index is 13.2. The molecule has 10 heteroatoms. The lowest BCUT2D eigenvalue weighted by Gasteiger charge is -2.27. The molecule has 1 heterocycles. The summed E-state index contributed by atoms with van der Waals surface area (Å²) in [4.78, 5) is 28.1. The SMILES string of the molecule is CSc1ccc(S(=O)(=O)Nc2ccccc2C(=O)NC(C)(C)C)cc1C(=O)N1CCOCC1. The van der Waals surface area contributed by atoms with Crippen LogP contribution in [-0.4, -0.2) is 63.2 Å². The topological polar surface area (TPSA) is 105 Å². The van der Waals surface area contributed by atoms with E-state index < -0.39 is 15.6 Å². The Labute approximate surface area is 199 Å². The van der Waals surface area contributed by atoms with Gasteiger partial charge in [-0.25, -0.2) is 8.42 Å². The molecule has 33 heavy (non-hydrogen) atoms. The van der Waals surface area contributed by atoms with Crippen LogP contribution in [0.2, 0.25) is 0 Å². The molecule has 0 saturated carbocycles. The second kappa shape index (κ2) is 10.1. The van der Waals surface area contributed by atoms with Gasteiger partial charge in [-0.3, -0.25) is 14.3 Å². The molecule has 0 bridgehead atoms. The fraction of sp³-hybridized carbons (Fsp3) is 0.391. The van der Waals surface area contributed by atoms with E-state index in [2.05, 4.69) is 10.0 Å². The molecule has 1 aliphatic heterocycles. The van der Waals surface area contributed by atoms with Gasteiger partial charge < -0.3 is 15.0 Å². The van der Waals surface area contributed by atoms with Crippen molar-refractivity contribution in [3.05, 3.63) is 53.6 Å². The van der Waals surface area contributed by atoms with Crippen molar-refractivity contribution in [3.63, 3.8) is 0 Å². The van der Waals surface area contributed by atoms with E-state index in [0.29, 0.717) is 36.8 Å². The van der Waals surface area contributed by atoms with Gasteiger partial charge in [-0.15, -0.1) is 11.8 Å². The number of para-hydroxylation sites is 1. The van der Waals surface area contributed by atoms with Gasteiger partial charge in [-0.1, -0.05) is 12.1 Å². The molecule has 178 valence electrons. The zero-order chi connectivity index (χ0) is 24.2. The summed E-state index contributed by atoms with van der Waals surface area (Å²) in [6.07, 6.45) is 1.84. The van der Waals surface area contributed by atoms with Gasteiger partial charge >= 0.3 is 0 Å². The molecule has 0 spiro atoms. The van der Waals surface area contributed by atoms with Gasteiger partial charge in [0, 0.05) is 23.5 Å². The van der Waals surface area contributed by atoms with Crippen LogP contribution in [0.15, 0.2) is 52.3 Å². The molecule has 0 aromatic heterocycles. The minimum atomic E-state index is -4.06. The third kappa shape index (κ3) is 6.27. The zero-order valence-corrected chi connectivity index (χ0v) is 20.8. The standard InChI is InChI=1S/C23H29N3O5S2/c1-23(2,3)24-21(27)17-7-5-6-8-19(17)25-33(29,30)16-9-10-20(32-4)18(15-16)22(28)26-11-13-31-14-12-26/h5-10,15,25H,11-14H2,1-4H3,(H,24,27). The number of carbonyl (C=O) groups is 2. The fourth-order valence-electron chi connectivity index (χ4n) is 3.34. The number of ether oxygens (including phenoxy) is 1. The van der Waals surface area contributed by atoms with E-state index in [-0.39, 0.29) is 28.0 Å². The quantitative estimate of drug-likeness (QED) is 0.602. The third-order valence-corrected chi connectivity index (χ3v) is 7.07. The van der Waals surface area contributed by atoms with Crippen LogP contribution >= 0.6 is 11.8 Å². The number of amides is 2. The van der Waals surface area contributed by atoms with E-state index in [1.165, 1.54) is 30.0 Å². The first kappa shape index (κ1) is 25.1. The second-order valence-corrected chi connectivity index (χ2v) is 11.2. The Balaban J connectivity index is 1.93. The first-order chi connectivity index (χ1) is 15.5. The van der Waals surface area contributed by atoms with Crippen molar-refractivity contribution in [3.8, 4) is 0 Å². The second-order valence-electron chi connectivity index (χ2n) is 8.62. The molecule has 1 fully saturated rings. The maximum absolute atomic E-state index is 13.2. The maximum Gasteiger partial charge on any atom is 0.261 e. The minimum absolute atomic E-state index is 0.0528. The fourth-order valence-corrected chi connectivity index (χ4v) is 5.02. The number of thioether (sulfide) groups is 1. The van der Waals surface area contributed by atoms with Gasteiger partial charge in [0.25, 0.3) is 21.8 Å². The normalized spacial score (nSPS) is 14.6. The van der Waals surface area contributed by atoms with Crippen LogP contribution in [0, 0.1) is 0 Å². The van der Waals surface area contributed by atoms with Gasteiger partial charge in [-0.2, -0.15) is 0 Å². The van der Waals surface area contributed by atoms with Crippen molar-refractivity contribution >= 4 is 39.3 Å². The van der Waals surface area contributed by atoms with Crippen LogP contribution in [0.4, 0.5) is 5.69 Å². The smallest absolute Gasteiger partial charge is 0.261 e. The first-order valence-corrected chi connectivity index (χ1v) is 13.2. The Morgan fingerprint density at radius 3 is 2.33 bits per heavy atom. The Morgan fingerprint density at radius 2 is 1.70 bits per heavy atom. The molecule has 2 amide bonds. The summed E-state index contributed by atoms with van der Waals surface area (Å²) in [5, 5.41) is 2.84. The summed E-state index contributed by atoms with van der Waals surface area (Å²) in [5.41, 5.74) is 0.215. The van der Waals surface area contributed by atoms with E-state index in [9.17, 15) is 18.0 Å². The number of morpholine rings is 1. The molecular weight excluding hydrogens is 462 g/mol. The van der Waals surface area contributed by atoms with Crippen molar-refractivity contribution in [1.82, 2.24) is 10.2 Å². The van der Waals surface area contributed by atoms with Crippen molar-refractivity contribution in [2.75, 3.05) is 37.3 Å². The van der Waals surface area contributed by atoms with Crippen molar-refractivity contribution in [1.29, 1.82) is 0 Å². The first-order valence-electron chi connectivity index (χ1n) is 10.5. The average Bonchev–Trinajstić information content (AvgIpc) is 2.77. The molecular formula is C23H29N3O5S2. The monoisotopic (exact) mass is 491 g/mol. The summed E-state index contributed by atoms with van der Waals surface area (Å²) >= 11 is 1.38. The zero-order valence-electron chi connectivity index (χ0n) is 19.2. The molecule has 0 atom stereocenters. The molecule has 2 aromatic carbocycles. The van der Waals surface area contributed by atoms with Gasteiger partial charge in [0.2, 0.25) is 0 Å². The molecule has 3 rings (SSSR count). The van der Waals surface area contributed by atoms with Crippen LogP contribution < -0.4 is 10.0 Å². The van der Waals surface area contributed by atoms with Crippen molar-refractivity contribution < 1.29 is 22.7 Å². The molecule has 2 N–H and O–H groups in total. The Hall–Kier alpha value is -2.56. The Bertz CT molecular complexity index is 1140. The largest absolute Gasteiger partial charge is 0.378 e. The number of sulfonamides is 1. The molecule has 1 saturated heterocycles. The molecule has 8 nitrogen and oxygen atoms in total. The van der Waals surface area contributed by atoms with Gasteiger partial charge in [0.05, 0.1) is 34.9 Å². The highest BCUT2D eigenvalue weighted by atomic mass is 32.2. The van der Waals surface area contributed by atoms with E-state index in [1.54, 1.807) is 29.2 Å². The number of hydrogen-bond donors (Lipinski definition) is 2. The lowest BCUT2D eigenvalue weighted by atomic mass is 10.1. The van der Waals surface area contributed by atoms with E-state index in [1.807, 2.05) is 27.0 Å². The highest BCUT2D eigenvalue weighted by molar-refractivity contribution is 7.98. The molecule has 0 aliphatic carbocycles. The Morgan fingerprint density at radius 1 is 1.03 bits per heavy atom. The number of carbonyl (C=O) groups excluding carboxylic acids is 2. The average molecular weight is 492 g/mol. The van der Waals surface area contributed by atoms with E-state index in [4.69, 9.17) is 4.74 Å². The number of rotatable bonds is 6. The highest BCUT2D eigenvalue weighted by Crippen LogP contribution is 2.27. The van der Waals surface area contributed by atoms with Crippen LogP contribution in [-0.2, 0) is 14.8 Å². The molecule has 0 radical (unpaired) electrons. The number of nitrogens with one attached hydrogen (secondary N) is 2. The van der Waals surface area contributed by atoms with E-state index in [0.717, 1.165) is 0 Å². The van der Waals surface area contributed by atoms with Crippen molar-refractivity contribution in [2.24, 2.45) is 0 Å². The van der Waals surface area contributed by atoms with E-state index >= 15 is 0 Å². The number of anilines is 1. The van der Waals surface area contributed by atoms with Gasteiger partial charge in [-0.05, 0) is 57.4 Å². The Kier molecular flexibility index (Phi) is 7.71. The van der Waals surface area contributed by atoms with Crippen LogP contribution in [0.1, 0.15) is 41.5 Å². The molecule has 0 unspecified atom stereocenters. The predicted molar refractivity (Wildman–Crippen MR) is 129 cm³/mol. The van der Waals surface area contributed by atoms with Gasteiger partial charge in [0.15, 0.2) is 0 Å². The number of benzene rings is 2. The van der Waals surface area contributed by atoms with Gasteiger partial charge in [0.1, 0.15) is 0 Å². The summed E-state index contributed by atoms with van der Waals surface area (Å²) < 4.78 is 34.3. The summed E-state index contributed by atoms with van der Waals surface area (Å²) in [5.74, 6) is -0.619.